The standard InChI is InChI=1S/C9H21N3O/c1-7(2)5-9(3,6-10)12-8(13)11-4/h7H,5-6,10H2,1-4H3,(H2,11,12,13). The molecule has 13 heavy (non-hydrogen) atoms. The third kappa shape index (κ3) is 4.72. The highest BCUT2D eigenvalue weighted by molar-refractivity contribution is 5.74. The van der Waals surface area contributed by atoms with Gasteiger partial charge in [-0.2, -0.15) is 0 Å². The van der Waals surface area contributed by atoms with E-state index in [9.17, 15) is 4.79 Å². The van der Waals surface area contributed by atoms with Gasteiger partial charge in [-0.3, -0.25) is 0 Å². The molecule has 0 fully saturated rings. The molecule has 0 spiro atoms. The van der Waals surface area contributed by atoms with Crippen molar-refractivity contribution < 1.29 is 4.79 Å². The Morgan fingerprint density at radius 2 is 2.08 bits per heavy atom. The molecule has 0 rings (SSSR count). The molecular formula is C9H21N3O. The highest BCUT2D eigenvalue weighted by atomic mass is 16.2. The monoisotopic (exact) mass is 187 g/mol. The van der Waals surface area contributed by atoms with Crippen molar-refractivity contribution in [1.29, 1.82) is 0 Å². The summed E-state index contributed by atoms with van der Waals surface area (Å²) in [5.41, 5.74) is 5.32. The average Bonchev–Trinajstić information content (AvgIpc) is 2.02. The number of rotatable bonds is 4. The van der Waals surface area contributed by atoms with Crippen LogP contribution in [0.3, 0.4) is 0 Å². The summed E-state index contributed by atoms with van der Waals surface area (Å²) in [6, 6.07) is -0.173. The molecule has 0 aliphatic heterocycles. The zero-order valence-corrected chi connectivity index (χ0v) is 8.98. The van der Waals surface area contributed by atoms with Crippen molar-refractivity contribution in [3.63, 3.8) is 0 Å². The fourth-order valence-corrected chi connectivity index (χ4v) is 1.42. The Labute approximate surface area is 80.3 Å². The predicted octanol–water partition coefficient (Wildman–Crippen LogP) is 0.679. The van der Waals surface area contributed by atoms with Gasteiger partial charge in [-0.1, -0.05) is 13.8 Å². The SMILES string of the molecule is CNC(=O)NC(C)(CN)CC(C)C. The zero-order valence-electron chi connectivity index (χ0n) is 8.98. The minimum atomic E-state index is -0.297. The zero-order chi connectivity index (χ0) is 10.5. The molecule has 4 N–H and O–H groups in total. The van der Waals surface area contributed by atoms with Crippen molar-refractivity contribution in [2.24, 2.45) is 11.7 Å². The molecule has 0 bridgehead atoms. The van der Waals surface area contributed by atoms with E-state index in [0.717, 1.165) is 6.42 Å². The summed E-state index contributed by atoms with van der Waals surface area (Å²) in [6.45, 7) is 6.64. The van der Waals surface area contributed by atoms with Crippen LogP contribution in [0.1, 0.15) is 27.2 Å². The summed E-state index contributed by atoms with van der Waals surface area (Å²) >= 11 is 0. The van der Waals surface area contributed by atoms with Gasteiger partial charge in [0.2, 0.25) is 0 Å². The van der Waals surface area contributed by atoms with Crippen LogP contribution in [0.15, 0.2) is 0 Å². The quantitative estimate of drug-likeness (QED) is 0.606. The van der Waals surface area contributed by atoms with Crippen LogP contribution in [0.5, 0.6) is 0 Å². The summed E-state index contributed by atoms with van der Waals surface area (Å²) < 4.78 is 0. The fourth-order valence-electron chi connectivity index (χ4n) is 1.42. The summed E-state index contributed by atoms with van der Waals surface area (Å²) in [7, 11) is 1.60. The third-order valence-electron chi connectivity index (χ3n) is 1.95. The van der Waals surface area contributed by atoms with Crippen molar-refractivity contribution in [3.05, 3.63) is 0 Å². The van der Waals surface area contributed by atoms with E-state index in [0.29, 0.717) is 12.5 Å². The van der Waals surface area contributed by atoms with Gasteiger partial charge in [-0.25, -0.2) is 4.79 Å². The van der Waals surface area contributed by atoms with Crippen molar-refractivity contribution in [2.75, 3.05) is 13.6 Å². The van der Waals surface area contributed by atoms with E-state index >= 15 is 0 Å². The number of carbonyl (C=O) groups is 1. The average molecular weight is 187 g/mol. The molecule has 1 atom stereocenters. The molecule has 0 radical (unpaired) electrons. The molecule has 0 aliphatic carbocycles. The molecule has 0 aromatic heterocycles. The first-order valence-corrected chi connectivity index (χ1v) is 4.63. The lowest BCUT2D eigenvalue weighted by molar-refractivity contribution is 0.223. The van der Waals surface area contributed by atoms with E-state index in [1.54, 1.807) is 7.05 Å². The minimum Gasteiger partial charge on any atom is -0.341 e. The Bertz CT molecular complexity index is 170. The number of nitrogens with two attached hydrogens (primary N) is 1. The lowest BCUT2D eigenvalue weighted by Crippen LogP contribution is -2.54. The molecule has 0 heterocycles. The third-order valence-corrected chi connectivity index (χ3v) is 1.95. The number of urea groups is 1. The van der Waals surface area contributed by atoms with Gasteiger partial charge in [0.1, 0.15) is 0 Å². The lowest BCUT2D eigenvalue weighted by Gasteiger charge is -2.30. The van der Waals surface area contributed by atoms with Gasteiger partial charge in [0.05, 0.1) is 5.54 Å². The van der Waals surface area contributed by atoms with Crippen molar-refractivity contribution >= 4 is 6.03 Å². The summed E-state index contributed by atoms with van der Waals surface area (Å²) in [6.07, 6.45) is 0.886. The summed E-state index contributed by atoms with van der Waals surface area (Å²) in [4.78, 5) is 11.1. The molecule has 0 saturated heterocycles. The van der Waals surface area contributed by atoms with Crippen LogP contribution in [0.4, 0.5) is 4.79 Å². The molecule has 0 saturated carbocycles. The van der Waals surface area contributed by atoms with Crippen LogP contribution in [0.25, 0.3) is 0 Å². The van der Waals surface area contributed by atoms with Gasteiger partial charge in [-0.05, 0) is 19.3 Å². The Hall–Kier alpha value is -0.770. The van der Waals surface area contributed by atoms with E-state index in [2.05, 4.69) is 24.5 Å². The normalized spacial score (nSPS) is 15.2. The van der Waals surface area contributed by atoms with Crippen LogP contribution in [0.2, 0.25) is 0 Å². The van der Waals surface area contributed by atoms with Gasteiger partial charge in [0.25, 0.3) is 0 Å². The molecule has 4 nitrogen and oxygen atoms in total. The van der Waals surface area contributed by atoms with E-state index in [1.165, 1.54) is 0 Å². The largest absolute Gasteiger partial charge is 0.341 e. The number of carbonyl (C=O) groups excluding carboxylic acids is 1. The van der Waals surface area contributed by atoms with Gasteiger partial charge >= 0.3 is 6.03 Å². The fraction of sp³-hybridized carbons (Fsp3) is 0.889. The Balaban J connectivity index is 4.18. The Kier molecular flexibility index (Phi) is 4.77. The molecule has 4 heteroatoms. The van der Waals surface area contributed by atoms with E-state index in [4.69, 9.17) is 5.73 Å². The molecule has 0 aromatic carbocycles. The van der Waals surface area contributed by atoms with Crippen LogP contribution in [-0.2, 0) is 0 Å². The van der Waals surface area contributed by atoms with Gasteiger partial charge in [0.15, 0.2) is 0 Å². The predicted molar refractivity (Wildman–Crippen MR) is 54.5 cm³/mol. The molecule has 0 aromatic rings. The lowest BCUT2D eigenvalue weighted by atomic mass is 9.91. The maximum atomic E-state index is 11.1. The molecule has 1 unspecified atom stereocenters. The maximum Gasteiger partial charge on any atom is 0.314 e. The topological polar surface area (TPSA) is 67.2 Å². The summed E-state index contributed by atoms with van der Waals surface area (Å²) in [5, 5.41) is 5.37. The molecule has 0 aliphatic rings. The van der Waals surface area contributed by atoms with Gasteiger partial charge in [-0.15, -0.1) is 0 Å². The number of nitrogens with one attached hydrogen (secondary N) is 2. The number of amides is 2. The van der Waals surface area contributed by atoms with Crippen LogP contribution in [-0.4, -0.2) is 25.2 Å². The first-order valence-electron chi connectivity index (χ1n) is 4.63. The van der Waals surface area contributed by atoms with Gasteiger partial charge < -0.3 is 16.4 Å². The molecular weight excluding hydrogens is 166 g/mol. The molecule has 78 valence electrons. The van der Waals surface area contributed by atoms with Crippen LogP contribution < -0.4 is 16.4 Å². The van der Waals surface area contributed by atoms with Crippen molar-refractivity contribution in [1.82, 2.24) is 10.6 Å². The highest BCUT2D eigenvalue weighted by Gasteiger charge is 2.25. The van der Waals surface area contributed by atoms with E-state index in [1.807, 2.05) is 6.92 Å². The van der Waals surface area contributed by atoms with Crippen LogP contribution in [0, 0.1) is 5.92 Å². The van der Waals surface area contributed by atoms with Crippen molar-refractivity contribution in [2.45, 2.75) is 32.7 Å². The minimum absolute atomic E-state index is 0.173. The maximum absolute atomic E-state index is 11.1. The van der Waals surface area contributed by atoms with Crippen molar-refractivity contribution in [3.8, 4) is 0 Å². The van der Waals surface area contributed by atoms with E-state index < -0.39 is 0 Å². The Morgan fingerprint density at radius 3 is 2.38 bits per heavy atom. The number of hydrogen-bond donors (Lipinski definition) is 3. The number of hydrogen-bond acceptors (Lipinski definition) is 2. The second-order valence-corrected chi connectivity index (χ2v) is 4.07. The van der Waals surface area contributed by atoms with Crippen LogP contribution >= 0.6 is 0 Å². The Morgan fingerprint density at radius 1 is 1.54 bits per heavy atom. The first kappa shape index (κ1) is 12.2. The second-order valence-electron chi connectivity index (χ2n) is 4.07. The highest BCUT2D eigenvalue weighted by Crippen LogP contribution is 2.14. The molecule has 2 amide bonds. The smallest absolute Gasteiger partial charge is 0.314 e. The summed E-state index contributed by atoms with van der Waals surface area (Å²) in [5.74, 6) is 0.519. The van der Waals surface area contributed by atoms with E-state index in [-0.39, 0.29) is 11.6 Å². The first-order chi connectivity index (χ1) is 5.93. The second kappa shape index (κ2) is 5.07. The van der Waals surface area contributed by atoms with Gasteiger partial charge in [0, 0.05) is 13.6 Å².